The topological polar surface area (TPSA) is 0 Å². The van der Waals surface area contributed by atoms with Gasteiger partial charge in [0.2, 0.25) is 0 Å². The quantitative estimate of drug-likeness (QED) is 0.429. The van der Waals surface area contributed by atoms with E-state index < -0.39 is 0 Å². The Labute approximate surface area is 82.7 Å². The van der Waals surface area contributed by atoms with Crippen LogP contribution in [0.15, 0.2) is 0 Å². The third-order valence-electron chi connectivity index (χ3n) is 2.44. The van der Waals surface area contributed by atoms with E-state index in [-0.39, 0.29) is 0 Å². The van der Waals surface area contributed by atoms with Crippen LogP contribution in [0.3, 0.4) is 0 Å². The Bertz CT molecular complexity index is 99.2. The zero-order valence-electron chi connectivity index (χ0n) is 8.94. The molecule has 12 heavy (non-hydrogen) atoms. The minimum Gasteiger partial charge on any atom is -0.122 e. The average molecular weight is 191 g/mol. The minimum absolute atomic E-state index is 0.363. The molecule has 0 saturated carbocycles. The highest BCUT2D eigenvalue weighted by Crippen LogP contribution is 2.23. The van der Waals surface area contributed by atoms with Crippen molar-refractivity contribution in [3.63, 3.8) is 0 Å². The van der Waals surface area contributed by atoms with Crippen LogP contribution in [0.25, 0.3) is 0 Å². The summed E-state index contributed by atoms with van der Waals surface area (Å²) in [4.78, 5) is 0. The second kappa shape index (κ2) is 6.77. The van der Waals surface area contributed by atoms with Gasteiger partial charge in [0.25, 0.3) is 0 Å². The van der Waals surface area contributed by atoms with Gasteiger partial charge in [-0.2, -0.15) is 0 Å². The zero-order valence-corrected chi connectivity index (χ0v) is 9.69. The lowest BCUT2D eigenvalue weighted by molar-refractivity contribution is 0.409. The molecule has 2 atom stereocenters. The number of rotatable bonds is 6. The maximum atomic E-state index is 6.25. The maximum Gasteiger partial charge on any atom is 0.0384 e. The van der Waals surface area contributed by atoms with E-state index in [0.29, 0.717) is 17.2 Å². The number of unbranched alkanes of at least 4 members (excludes halogenated alkanes) is 2. The van der Waals surface area contributed by atoms with E-state index in [1.807, 2.05) is 0 Å². The first-order valence-electron chi connectivity index (χ1n) is 5.23. The minimum atomic E-state index is 0.363. The van der Waals surface area contributed by atoms with Crippen molar-refractivity contribution in [2.75, 3.05) is 0 Å². The van der Waals surface area contributed by atoms with Crippen molar-refractivity contribution in [3.8, 4) is 0 Å². The lowest BCUT2D eigenvalue weighted by atomic mass is 9.93. The van der Waals surface area contributed by atoms with Gasteiger partial charge in [-0.05, 0) is 18.3 Å². The van der Waals surface area contributed by atoms with E-state index in [0.717, 1.165) is 0 Å². The van der Waals surface area contributed by atoms with Crippen molar-refractivity contribution in [2.45, 2.75) is 58.8 Å². The average Bonchev–Trinajstić information content (AvgIpc) is 2.03. The summed E-state index contributed by atoms with van der Waals surface area (Å²) in [6.45, 7) is 8.92. The van der Waals surface area contributed by atoms with Gasteiger partial charge in [-0.15, -0.1) is 11.6 Å². The van der Waals surface area contributed by atoms with Gasteiger partial charge in [0, 0.05) is 5.38 Å². The zero-order chi connectivity index (χ0) is 9.56. The molecule has 1 heteroatoms. The van der Waals surface area contributed by atoms with E-state index >= 15 is 0 Å². The Morgan fingerprint density at radius 2 is 1.67 bits per heavy atom. The fourth-order valence-corrected chi connectivity index (χ4v) is 1.66. The molecule has 0 bridgehead atoms. The first kappa shape index (κ1) is 12.3. The van der Waals surface area contributed by atoms with E-state index in [1.165, 1.54) is 25.7 Å². The van der Waals surface area contributed by atoms with Gasteiger partial charge in [0.15, 0.2) is 0 Å². The molecule has 0 radical (unpaired) electrons. The summed E-state index contributed by atoms with van der Waals surface area (Å²) in [7, 11) is 0. The number of hydrogen-bond donors (Lipinski definition) is 0. The molecule has 0 amide bonds. The molecule has 0 heterocycles. The lowest BCUT2D eigenvalue weighted by Crippen LogP contribution is -2.17. The molecule has 0 aromatic heterocycles. The normalized spacial score (nSPS) is 16.5. The van der Waals surface area contributed by atoms with E-state index in [9.17, 15) is 0 Å². The molecule has 0 N–H and O–H groups in total. The second-order valence-corrected chi connectivity index (χ2v) is 4.67. The molecular formula is C11H23Cl. The monoisotopic (exact) mass is 190 g/mol. The molecule has 74 valence electrons. The largest absolute Gasteiger partial charge is 0.122 e. The summed E-state index contributed by atoms with van der Waals surface area (Å²) in [5, 5.41) is 0.363. The SMILES string of the molecule is CCCCCC(C)C(Cl)C(C)C. The molecule has 0 fully saturated rings. The third kappa shape index (κ3) is 5.03. The van der Waals surface area contributed by atoms with E-state index in [2.05, 4.69) is 27.7 Å². The Balaban J connectivity index is 3.49. The van der Waals surface area contributed by atoms with Crippen molar-refractivity contribution in [1.29, 1.82) is 0 Å². The molecule has 0 rings (SSSR count). The van der Waals surface area contributed by atoms with Crippen molar-refractivity contribution >= 4 is 11.6 Å². The number of alkyl halides is 1. The molecule has 0 aromatic carbocycles. The summed E-state index contributed by atoms with van der Waals surface area (Å²) in [6, 6.07) is 0. The predicted molar refractivity (Wildman–Crippen MR) is 57.8 cm³/mol. The Hall–Kier alpha value is 0.290. The van der Waals surface area contributed by atoms with Gasteiger partial charge in [0.1, 0.15) is 0 Å². The van der Waals surface area contributed by atoms with Gasteiger partial charge >= 0.3 is 0 Å². The fourth-order valence-electron chi connectivity index (χ4n) is 1.53. The van der Waals surface area contributed by atoms with Crippen LogP contribution in [-0.2, 0) is 0 Å². The van der Waals surface area contributed by atoms with Gasteiger partial charge in [-0.25, -0.2) is 0 Å². The molecule has 0 aliphatic heterocycles. The van der Waals surface area contributed by atoms with Gasteiger partial charge in [-0.1, -0.05) is 47.0 Å². The van der Waals surface area contributed by atoms with Gasteiger partial charge in [0.05, 0.1) is 0 Å². The Kier molecular flexibility index (Phi) is 6.93. The highest BCUT2D eigenvalue weighted by molar-refractivity contribution is 6.20. The van der Waals surface area contributed by atoms with Crippen LogP contribution in [0.2, 0.25) is 0 Å². The molecule has 0 nitrogen and oxygen atoms in total. The first-order valence-corrected chi connectivity index (χ1v) is 5.67. The molecule has 0 spiro atoms. The van der Waals surface area contributed by atoms with Gasteiger partial charge in [-0.3, -0.25) is 0 Å². The summed E-state index contributed by atoms with van der Waals surface area (Å²) in [5.74, 6) is 1.29. The Morgan fingerprint density at radius 1 is 1.08 bits per heavy atom. The van der Waals surface area contributed by atoms with Crippen LogP contribution in [0, 0.1) is 11.8 Å². The molecule has 0 saturated heterocycles. The van der Waals surface area contributed by atoms with E-state index in [4.69, 9.17) is 11.6 Å². The highest BCUT2D eigenvalue weighted by Gasteiger charge is 2.16. The fraction of sp³-hybridized carbons (Fsp3) is 1.00. The molecular weight excluding hydrogens is 168 g/mol. The number of halogens is 1. The predicted octanol–water partition coefficient (Wildman–Crippen LogP) is 4.47. The standard InChI is InChI=1S/C11H23Cl/c1-5-6-7-8-10(4)11(12)9(2)3/h9-11H,5-8H2,1-4H3. The Morgan fingerprint density at radius 3 is 2.08 bits per heavy atom. The number of hydrogen-bond acceptors (Lipinski definition) is 0. The first-order chi connectivity index (χ1) is 5.59. The summed E-state index contributed by atoms with van der Waals surface area (Å²) in [5.41, 5.74) is 0. The van der Waals surface area contributed by atoms with Crippen molar-refractivity contribution in [1.82, 2.24) is 0 Å². The molecule has 2 unspecified atom stereocenters. The smallest absolute Gasteiger partial charge is 0.0384 e. The highest BCUT2D eigenvalue weighted by atomic mass is 35.5. The molecule has 0 aliphatic rings. The van der Waals surface area contributed by atoms with Crippen LogP contribution >= 0.6 is 11.6 Å². The van der Waals surface area contributed by atoms with Crippen molar-refractivity contribution in [3.05, 3.63) is 0 Å². The van der Waals surface area contributed by atoms with Crippen LogP contribution in [0.1, 0.15) is 53.4 Å². The van der Waals surface area contributed by atoms with Crippen molar-refractivity contribution < 1.29 is 0 Å². The van der Waals surface area contributed by atoms with Crippen LogP contribution < -0.4 is 0 Å². The summed E-state index contributed by atoms with van der Waals surface area (Å²) >= 11 is 6.25. The van der Waals surface area contributed by atoms with Crippen LogP contribution in [-0.4, -0.2) is 5.38 Å². The van der Waals surface area contributed by atoms with Gasteiger partial charge < -0.3 is 0 Å². The maximum absolute atomic E-state index is 6.25. The van der Waals surface area contributed by atoms with Crippen LogP contribution in [0.5, 0.6) is 0 Å². The molecule has 0 aromatic rings. The summed E-state index contributed by atoms with van der Waals surface area (Å²) in [6.07, 6.45) is 5.29. The summed E-state index contributed by atoms with van der Waals surface area (Å²) < 4.78 is 0. The molecule has 0 aliphatic carbocycles. The van der Waals surface area contributed by atoms with E-state index in [1.54, 1.807) is 0 Å². The third-order valence-corrected chi connectivity index (χ3v) is 3.38. The van der Waals surface area contributed by atoms with Crippen LogP contribution in [0.4, 0.5) is 0 Å². The lowest BCUT2D eigenvalue weighted by Gasteiger charge is -2.20. The second-order valence-electron chi connectivity index (χ2n) is 4.16. The van der Waals surface area contributed by atoms with Crippen molar-refractivity contribution in [2.24, 2.45) is 11.8 Å².